The Morgan fingerprint density at radius 1 is 1.03 bits per heavy atom. The smallest absolute Gasteiger partial charge is 0.0991 e. The molecule has 0 radical (unpaired) electrons. The summed E-state index contributed by atoms with van der Waals surface area (Å²) in [6.45, 7) is 9.72. The summed E-state index contributed by atoms with van der Waals surface area (Å²) in [5, 5.41) is 30.9. The maximum absolute atomic E-state index is 11.0. The van der Waals surface area contributed by atoms with Gasteiger partial charge in [0.15, 0.2) is 0 Å². The summed E-state index contributed by atoms with van der Waals surface area (Å²) in [5.74, 6) is 3.75. The van der Waals surface area contributed by atoms with Crippen molar-refractivity contribution < 1.29 is 10.2 Å². The van der Waals surface area contributed by atoms with E-state index in [1.165, 1.54) is 32.1 Å². The van der Waals surface area contributed by atoms with Gasteiger partial charge in [-0.1, -0.05) is 51.5 Å². The third kappa shape index (κ3) is 4.27. The molecule has 0 amide bonds. The average molecular weight is 490 g/mol. The van der Waals surface area contributed by atoms with Crippen molar-refractivity contribution in [2.75, 3.05) is 0 Å². The van der Waals surface area contributed by atoms with Gasteiger partial charge in [-0.15, -0.1) is 0 Å². The molecule has 9 atom stereocenters. The molecule has 1 aromatic carbocycles. The van der Waals surface area contributed by atoms with Gasteiger partial charge in [0.05, 0.1) is 23.3 Å². The van der Waals surface area contributed by atoms with Crippen molar-refractivity contribution in [2.24, 2.45) is 40.4 Å². The molecule has 3 fully saturated rings. The zero-order chi connectivity index (χ0) is 25.7. The van der Waals surface area contributed by atoms with E-state index in [9.17, 15) is 10.2 Å². The van der Waals surface area contributed by atoms with Crippen molar-refractivity contribution in [1.82, 2.24) is 0 Å². The molecule has 3 saturated carbocycles. The second kappa shape index (κ2) is 9.59. The van der Waals surface area contributed by atoms with Gasteiger partial charge in [-0.05, 0) is 129 Å². The fraction of sp³-hybridized carbons (Fsp3) is 0.727. The van der Waals surface area contributed by atoms with Crippen molar-refractivity contribution in [2.45, 2.75) is 110 Å². The standard InChI is InChI=1S/C33H47NO2/c1-5-33(36)19-18-31(3)25(20-33)11-12-26-28-14-13-27(32(28,4)17-16-29(26)31)22(2)6-15-30(35)24-9-7-23(21-34)8-10-24/h7-11,22,26-30,35-36H,5-6,12-20H2,1-4H3/t22?,26-,27+,28-,29-,30-,31-,32+,33-/m0/s1. The number of nitriles is 1. The molecule has 5 rings (SSSR count). The predicted octanol–water partition coefficient (Wildman–Crippen LogP) is 7.73. The molecule has 1 aromatic rings. The molecule has 0 spiro atoms. The van der Waals surface area contributed by atoms with Crippen molar-refractivity contribution in [3.8, 4) is 6.07 Å². The van der Waals surface area contributed by atoms with Crippen LogP contribution in [0.15, 0.2) is 35.9 Å². The van der Waals surface area contributed by atoms with Crippen LogP contribution in [0, 0.1) is 51.8 Å². The third-order valence-electron chi connectivity index (χ3n) is 12.0. The van der Waals surface area contributed by atoms with E-state index in [4.69, 9.17) is 5.26 Å². The summed E-state index contributed by atoms with van der Waals surface area (Å²) < 4.78 is 0. The molecule has 4 aliphatic rings. The van der Waals surface area contributed by atoms with Gasteiger partial charge in [0.1, 0.15) is 0 Å². The summed E-state index contributed by atoms with van der Waals surface area (Å²) in [5.41, 5.74) is 3.38. The molecule has 4 aliphatic carbocycles. The van der Waals surface area contributed by atoms with Crippen LogP contribution in [0.3, 0.4) is 0 Å². The number of hydrogen-bond donors (Lipinski definition) is 2. The van der Waals surface area contributed by atoms with E-state index >= 15 is 0 Å². The average Bonchev–Trinajstić information content (AvgIpc) is 3.25. The van der Waals surface area contributed by atoms with Crippen LogP contribution >= 0.6 is 0 Å². The van der Waals surface area contributed by atoms with E-state index in [0.29, 0.717) is 22.3 Å². The molecular weight excluding hydrogens is 442 g/mol. The Kier molecular flexibility index (Phi) is 6.93. The van der Waals surface area contributed by atoms with Gasteiger partial charge < -0.3 is 10.2 Å². The number of fused-ring (bicyclic) bond motifs is 5. The van der Waals surface area contributed by atoms with Crippen LogP contribution in [0.1, 0.15) is 116 Å². The first-order valence-corrected chi connectivity index (χ1v) is 14.7. The Morgan fingerprint density at radius 2 is 1.78 bits per heavy atom. The highest BCUT2D eigenvalue weighted by molar-refractivity contribution is 5.32. The molecule has 2 N–H and O–H groups in total. The topological polar surface area (TPSA) is 64.2 Å². The Balaban J connectivity index is 1.26. The van der Waals surface area contributed by atoms with Crippen LogP contribution in [0.2, 0.25) is 0 Å². The molecule has 36 heavy (non-hydrogen) atoms. The number of rotatable bonds is 6. The van der Waals surface area contributed by atoms with Crippen LogP contribution < -0.4 is 0 Å². The van der Waals surface area contributed by atoms with Gasteiger partial charge in [-0.2, -0.15) is 5.26 Å². The van der Waals surface area contributed by atoms with Gasteiger partial charge >= 0.3 is 0 Å². The highest BCUT2D eigenvalue weighted by Gasteiger charge is 2.59. The van der Waals surface area contributed by atoms with Crippen LogP contribution in [0.5, 0.6) is 0 Å². The van der Waals surface area contributed by atoms with E-state index in [1.807, 2.05) is 24.3 Å². The molecule has 1 unspecified atom stereocenters. The number of benzene rings is 1. The Morgan fingerprint density at radius 3 is 2.47 bits per heavy atom. The van der Waals surface area contributed by atoms with Crippen molar-refractivity contribution in [3.63, 3.8) is 0 Å². The third-order valence-corrected chi connectivity index (χ3v) is 12.0. The van der Waals surface area contributed by atoms with Gasteiger partial charge in [-0.25, -0.2) is 0 Å². The molecule has 196 valence electrons. The quantitative estimate of drug-likeness (QED) is 0.402. The summed E-state index contributed by atoms with van der Waals surface area (Å²) in [6.07, 6.45) is 14.4. The fourth-order valence-electron chi connectivity index (χ4n) is 9.56. The molecule has 0 aromatic heterocycles. The lowest BCUT2D eigenvalue weighted by Gasteiger charge is -2.59. The predicted molar refractivity (Wildman–Crippen MR) is 145 cm³/mol. The highest BCUT2D eigenvalue weighted by Crippen LogP contribution is 2.67. The maximum atomic E-state index is 11.0. The molecular formula is C33H47NO2. The summed E-state index contributed by atoms with van der Waals surface area (Å²) >= 11 is 0. The van der Waals surface area contributed by atoms with E-state index in [2.05, 4.69) is 39.8 Å². The number of nitrogens with zero attached hydrogens (tertiary/aromatic N) is 1. The zero-order valence-corrected chi connectivity index (χ0v) is 23.0. The van der Waals surface area contributed by atoms with Gasteiger partial charge in [0, 0.05) is 0 Å². The van der Waals surface area contributed by atoms with Crippen molar-refractivity contribution in [3.05, 3.63) is 47.0 Å². The lowest BCUT2D eigenvalue weighted by molar-refractivity contribution is -0.0757. The second-order valence-corrected chi connectivity index (χ2v) is 13.5. The lowest BCUT2D eigenvalue weighted by atomic mass is 9.46. The maximum Gasteiger partial charge on any atom is 0.0991 e. The minimum atomic E-state index is -0.475. The van der Waals surface area contributed by atoms with Gasteiger partial charge in [-0.3, -0.25) is 0 Å². The van der Waals surface area contributed by atoms with Gasteiger partial charge in [0.2, 0.25) is 0 Å². The Labute approximate surface area is 219 Å². The molecule has 0 aliphatic heterocycles. The summed E-state index contributed by atoms with van der Waals surface area (Å²) in [4.78, 5) is 0. The number of aliphatic hydroxyl groups is 2. The molecule has 3 nitrogen and oxygen atoms in total. The Hall–Kier alpha value is -1.63. The number of hydrogen-bond acceptors (Lipinski definition) is 3. The molecule has 0 bridgehead atoms. The fourth-order valence-corrected chi connectivity index (χ4v) is 9.56. The SMILES string of the molecule is CC[C@]1(O)CC[C@@]2(C)C(=CC[C@H]3[C@@H]4CC[C@H](C(C)CC[C@H](O)c5ccc(C#N)cc5)[C@@]4(C)CC[C@@H]32)C1. The first-order valence-electron chi connectivity index (χ1n) is 14.7. The molecule has 3 heteroatoms. The first-order chi connectivity index (χ1) is 17.1. The summed E-state index contributed by atoms with van der Waals surface area (Å²) in [6, 6.07) is 9.58. The summed E-state index contributed by atoms with van der Waals surface area (Å²) in [7, 11) is 0. The van der Waals surface area contributed by atoms with E-state index in [1.54, 1.807) is 5.57 Å². The van der Waals surface area contributed by atoms with Crippen molar-refractivity contribution in [1.29, 1.82) is 5.26 Å². The largest absolute Gasteiger partial charge is 0.390 e. The number of allylic oxidation sites excluding steroid dienone is 1. The molecule has 0 heterocycles. The lowest BCUT2D eigenvalue weighted by Crippen LogP contribution is -2.52. The monoisotopic (exact) mass is 489 g/mol. The van der Waals surface area contributed by atoms with Crippen LogP contribution in [-0.4, -0.2) is 15.8 Å². The van der Waals surface area contributed by atoms with Crippen LogP contribution in [0.25, 0.3) is 0 Å². The zero-order valence-electron chi connectivity index (χ0n) is 23.0. The van der Waals surface area contributed by atoms with Crippen molar-refractivity contribution >= 4 is 0 Å². The van der Waals surface area contributed by atoms with E-state index in [-0.39, 0.29) is 0 Å². The highest BCUT2D eigenvalue weighted by atomic mass is 16.3. The minimum absolute atomic E-state index is 0.292. The van der Waals surface area contributed by atoms with Gasteiger partial charge in [0.25, 0.3) is 0 Å². The minimum Gasteiger partial charge on any atom is -0.390 e. The second-order valence-electron chi connectivity index (χ2n) is 13.5. The Bertz CT molecular complexity index is 1020. The first kappa shape index (κ1) is 26.0. The molecule has 0 saturated heterocycles. The van der Waals surface area contributed by atoms with E-state index in [0.717, 1.165) is 67.8 Å². The normalized spacial score (nSPS) is 41.3. The number of aliphatic hydroxyl groups excluding tert-OH is 1. The van der Waals surface area contributed by atoms with Crippen LogP contribution in [0.4, 0.5) is 0 Å². The van der Waals surface area contributed by atoms with Crippen LogP contribution in [-0.2, 0) is 0 Å². The van der Waals surface area contributed by atoms with E-state index < -0.39 is 11.7 Å².